The summed E-state index contributed by atoms with van der Waals surface area (Å²) in [6.45, 7) is 0.487. The molecule has 3 aromatic rings. The molecule has 0 radical (unpaired) electrons. The fraction of sp³-hybridized carbons (Fsp3) is 0.348. The topological polar surface area (TPSA) is 55.2 Å². The normalized spacial score (nSPS) is 14.4. The van der Waals surface area contributed by atoms with E-state index in [9.17, 15) is 14.0 Å². The molecule has 29 heavy (non-hydrogen) atoms. The average molecular weight is 393 g/mol. The van der Waals surface area contributed by atoms with Crippen LogP contribution in [0, 0.1) is 5.82 Å². The molecule has 1 aliphatic rings. The molecular weight excluding hydrogens is 369 g/mol. The predicted molar refractivity (Wildman–Crippen MR) is 110 cm³/mol. The molecule has 0 atom stereocenters. The van der Waals surface area contributed by atoms with Crippen LogP contribution in [-0.4, -0.2) is 33.2 Å². The molecule has 4 rings (SSSR count). The van der Waals surface area contributed by atoms with Gasteiger partial charge >= 0.3 is 0 Å². The van der Waals surface area contributed by atoms with Gasteiger partial charge in [0, 0.05) is 18.0 Å². The third-order valence-corrected chi connectivity index (χ3v) is 5.69. The van der Waals surface area contributed by atoms with E-state index in [-0.39, 0.29) is 29.9 Å². The minimum atomic E-state index is -0.265. The van der Waals surface area contributed by atoms with Crippen LogP contribution in [0.5, 0.6) is 0 Å². The predicted octanol–water partition coefficient (Wildman–Crippen LogP) is 3.55. The molecule has 0 unspecified atom stereocenters. The van der Waals surface area contributed by atoms with E-state index in [0.29, 0.717) is 18.4 Å². The SMILES string of the molecule is O=C(Cn1ncc2ccccc2c1=O)N(CCc1ccc(F)cc1)C1CCCC1. The maximum absolute atomic E-state index is 13.1. The number of nitrogens with zero attached hydrogens (tertiary/aromatic N) is 3. The molecule has 0 aliphatic heterocycles. The van der Waals surface area contributed by atoms with E-state index < -0.39 is 0 Å². The molecule has 0 saturated heterocycles. The lowest BCUT2D eigenvalue weighted by molar-refractivity contribution is -0.134. The van der Waals surface area contributed by atoms with Crippen LogP contribution in [0.2, 0.25) is 0 Å². The van der Waals surface area contributed by atoms with Crippen molar-refractivity contribution in [1.82, 2.24) is 14.7 Å². The number of amides is 1. The summed E-state index contributed by atoms with van der Waals surface area (Å²) in [7, 11) is 0. The van der Waals surface area contributed by atoms with E-state index in [1.165, 1.54) is 16.8 Å². The van der Waals surface area contributed by atoms with Gasteiger partial charge in [-0.25, -0.2) is 9.07 Å². The van der Waals surface area contributed by atoms with Gasteiger partial charge in [-0.1, -0.05) is 43.2 Å². The summed E-state index contributed by atoms with van der Waals surface area (Å²) in [6, 6.07) is 13.8. The van der Waals surface area contributed by atoms with Crippen LogP contribution in [0.1, 0.15) is 31.2 Å². The number of aromatic nitrogens is 2. The Bertz CT molecular complexity index is 1060. The summed E-state index contributed by atoms with van der Waals surface area (Å²) in [5.41, 5.74) is 0.740. The van der Waals surface area contributed by atoms with E-state index in [1.54, 1.807) is 24.4 Å². The summed E-state index contributed by atoms with van der Waals surface area (Å²) in [6.07, 6.45) is 6.47. The molecule has 1 heterocycles. The third-order valence-electron chi connectivity index (χ3n) is 5.69. The van der Waals surface area contributed by atoms with Gasteiger partial charge in [0.05, 0.1) is 11.6 Å². The van der Waals surface area contributed by atoms with E-state index >= 15 is 0 Å². The molecule has 1 saturated carbocycles. The van der Waals surface area contributed by atoms with Crippen LogP contribution in [0.25, 0.3) is 10.8 Å². The Morgan fingerprint density at radius 2 is 1.83 bits per heavy atom. The number of halogens is 1. The maximum atomic E-state index is 13.1. The van der Waals surface area contributed by atoms with E-state index in [1.807, 2.05) is 23.1 Å². The molecule has 1 aromatic heterocycles. The van der Waals surface area contributed by atoms with Crippen molar-refractivity contribution in [3.63, 3.8) is 0 Å². The smallest absolute Gasteiger partial charge is 0.275 e. The summed E-state index contributed by atoms with van der Waals surface area (Å²) < 4.78 is 14.4. The number of fused-ring (bicyclic) bond motifs is 1. The molecule has 6 heteroatoms. The Morgan fingerprint density at radius 3 is 2.59 bits per heavy atom. The van der Waals surface area contributed by atoms with Crippen LogP contribution in [0.3, 0.4) is 0 Å². The Kier molecular flexibility index (Phi) is 5.69. The number of benzene rings is 2. The molecule has 1 amide bonds. The van der Waals surface area contributed by atoms with Crippen molar-refractivity contribution in [3.8, 4) is 0 Å². The zero-order valence-corrected chi connectivity index (χ0v) is 16.3. The number of rotatable bonds is 6. The molecule has 0 N–H and O–H groups in total. The van der Waals surface area contributed by atoms with Crippen molar-refractivity contribution >= 4 is 16.7 Å². The zero-order valence-electron chi connectivity index (χ0n) is 16.3. The highest BCUT2D eigenvalue weighted by Crippen LogP contribution is 2.24. The van der Waals surface area contributed by atoms with Gasteiger partial charge in [-0.2, -0.15) is 5.10 Å². The molecule has 2 aromatic carbocycles. The monoisotopic (exact) mass is 393 g/mol. The maximum Gasteiger partial charge on any atom is 0.275 e. The van der Waals surface area contributed by atoms with Gasteiger partial charge in [0.15, 0.2) is 0 Å². The summed E-state index contributed by atoms with van der Waals surface area (Å²) >= 11 is 0. The van der Waals surface area contributed by atoms with E-state index in [0.717, 1.165) is 36.6 Å². The standard InChI is InChI=1S/C23H24FN3O2/c24-19-11-9-17(10-12-19)13-14-26(20-6-2-3-7-20)22(28)16-27-23(29)21-8-4-1-5-18(21)15-25-27/h1,4-5,8-12,15,20H,2-3,6-7,13-14,16H2. The minimum absolute atomic E-state index is 0.0659. The number of carbonyl (C=O) groups excluding carboxylic acids is 1. The first-order chi connectivity index (χ1) is 14.1. The van der Waals surface area contributed by atoms with Crippen LogP contribution in [0.4, 0.5) is 4.39 Å². The van der Waals surface area contributed by atoms with Crippen molar-refractivity contribution < 1.29 is 9.18 Å². The highest BCUT2D eigenvalue weighted by Gasteiger charge is 2.27. The molecular formula is C23H24FN3O2. The van der Waals surface area contributed by atoms with Gasteiger partial charge in [-0.3, -0.25) is 9.59 Å². The second-order valence-electron chi connectivity index (χ2n) is 7.60. The van der Waals surface area contributed by atoms with Crippen LogP contribution in [-0.2, 0) is 17.8 Å². The Labute approximate surface area is 168 Å². The largest absolute Gasteiger partial charge is 0.338 e. The highest BCUT2D eigenvalue weighted by molar-refractivity contribution is 5.81. The number of carbonyl (C=O) groups is 1. The second kappa shape index (κ2) is 8.55. The summed E-state index contributed by atoms with van der Waals surface area (Å²) in [5.74, 6) is -0.358. The van der Waals surface area contributed by atoms with Crippen molar-refractivity contribution in [2.45, 2.75) is 44.7 Å². The number of hydrogen-bond donors (Lipinski definition) is 0. The quantitative estimate of drug-likeness (QED) is 0.644. The molecule has 1 aliphatic carbocycles. The second-order valence-corrected chi connectivity index (χ2v) is 7.60. The molecule has 5 nitrogen and oxygen atoms in total. The van der Waals surface area contributed by atoms with Crippen LogP contribution < -0.4 is 5.56 Å². The average Bonchev–Trinajstić information content (AvgIpc) is 3.26. The third kappa shape index (κ3) is 4.36. The van der Waals surface area contributed by atoms with Gasteiger partial charge < -0.3 is 4.90 Å². The van der Waals surface area contributed by atoms with E-state index in [2.05, 4.69) is 5.10 Å². The van der Waals surface area contributed by atoms with Gasteiger partial charge in [0.2, 0.25) is 5.91 Å². The van der Waals surface area contributed by atoms with Crippen LogP contribution >= 0.6 is 0 Å². The van der Waals surface area contributed by atoms with Gasteiger partial charge in [0.25, 0.3) is 5.56 Å². The van der Waals surface area contributed by atoms with Gasteiger partial charge in [0.1, 0.15) is 12.4 Å². The Balaban J connectivity index is 1.52. The highest BCUT2D eigenvalue weighted by atomic mass is 19.1. The van der Waals surface area contributed by atoms with E-state index in [4.69, 9.17) is 0 Å². The van der Waals surface area contributed by atoms with Crippen molar-refractivity contribution in [2.24, 2.45) is 0 Å². The fourth-order valence-electron chi connectivity index (χ4n) is 4.09. The molecule has 0 bridgehead atoms. The Hall–Kier alpha value is -3.02. The summed E-state index contributed by atoms with van der Waals surface area (Å²) in [5, 5.41) is 5.53. The summed E-state index contributed by atoms with van der Waals surface area (Å²) in [4.78, 5) is 27.7. The first-order valence-electron chi connectivity index (χ1n) is 10.1. The first kappa shape index (κ1) is 19.3. The zero-order chi connectivity index (χ0) is 20.2. The molecule has 0 spiro atoms. The first-order valence-corrected chi connectivity index (χ1v) is 10.1. The fourth-order valence-corrected chi connectivity index (χ4v) is 4.09. The number of hydrogen-bond acceptors (Lipinski definition) is 3. The van der Waals surface area contributed by atoms with Crippen molar-refractivity contribution in [3.05, 3.63) is 76.5 Å². The van der Waals surface area contributed by atoms with Crippen LogP contribution in [0.15, 0.2) is 59.5 Å². The van der Waals surface area contributed by atoms with Gasteiger partial charge in [-0.05, 0) is 43.0 Å². The lowest BCUT2D eigenvalue weighted by atomic mass is 10.1. The molecule has 150 valence electrons. The van der Waals surface area contributed by atoms with Crippen molar-refractivity contribution in [2.75, 3.05) is 6.54 Å². The minimum Gasteiger partial charge on any atom is -0.338 e. The lowest BCUT2D eigenvalue weighted by Gasteiger charge is -2.29. The Morgan fingerprint density at radius 1 is 1.10 bits per heavy atom. The van der Waals surface area contributed by atoms with Crippen molar-refractivity contribution in [1.29, 1.82) is 0 Å². The molecule has 1 fully saturated rings. The lowest BCUT2D eigenvalue weighted by Crippen LogP contribution is -2.43. The van der Waals surface area contributed by atoms with Gasteiger partial charge in [-0.15, -0.1) is 0 Å².